The molecule has 5 nitrogen and oxygen atoms in total. The van der Waals surface area contributed by atoms with Gasteiger partial charge in [0.1, 0.15) is 12.4 Å². The number of aromatic hydroxyl groups is 1. The van der Waals surface area contributed by atoms with Crippen LogP contribution in [0.15, 0.2) is 22.7 Å². The van der Waals surface area contributed by atoms with E-state index in [1.165, 1.54) is 0 Å². The third kappa shape index (κ3) is 2.04. The van der Waals surface area contributed by atoms with Gasteiger partial charge < -0.3 is 14.4 Å². The third-order valence-electron chi connectivity index (χ3n) is 2.20. The van der Waals surface area contributed by atoms with E-state index in [0.717, 1.165) is 5.56 Å². The van der Waals surface area contributed by atoms with Crippen LogP contribution in [0.2, 0.25) is 0 Å². The molecule has 0 bridgehead atoms. The first-order valence-corrected chi connectivity index (χ1v) is 4.82. The molecular formula is C11H12N2O3. The minimum absolute atomic E-state index is 0.212. The molecule has 1 aromatic heterocycles. The van der Waals surface area contributed by atoms with Gasteiger partial charge in [0, 0.05) is 12.7 Å². The van der Waals surface area contributed by atoms with Crippen molar-refractivity contribution in [3.8, 4) is 17.2 Å². The minimum Gasteiger partial charge on any atom is -0.508 e. The van der Waals surface area contributed by atoms with Gasteiger partial charge in [-0.1, -0.05) is 11.2 Å². The number of methoxy groups -OCH3 is 1. The summed E-state index contributed by atoms with van der Waals surface area (Å²) in [6.07, 6.45) is 0. The molecule has 0 aliphatic rings. The Morgan fingerprint density at radius 3 is 2.94 bits per heavy atom. The van der Waals surface area contributed by atoms with Crippen molar-refractivity contribution >= 4 is 0 Å². The number of phenols is 1. The van der Waals surface area contributed by atoms with Crippen molar-refractivity contribution in [3.05, 3.63) is 29.6 Å². The van der Waals surface area contributed by atoms with Gasteiger partial charge in [0.15, 0.2) is 5.82 Å². The summed E-state index contributed by atoms with van der Waals surface area (Å²) in [4.78, 5) is 4.13. The summed E-state index contributed by atoms with van der Waals surface area (Å²) in [6, 6.07) is 5.21. The zero-order valence-corrected chi connectivity index (χ0v) is 9.10. The van der Waals surface area contributed by atoms with Gasteiger partial charge in [0.05, 0.1) is 0 Å². The molecule has 1 heterocycles. The second-order valence-electron chi connectivity index (χ2n) is 3.45. The molecule has 16 heavy (non-hydrogen) atoms. The second kappa shape index (κ2) is 4.32. The van der Waals surface area contributed by atoms with Gasteiger partial charge in [-0.2, -0.15) is 4.98 Å². The van der Waals surface area contributed by atoms with Crippen molar-refractivity contribution in [2.45, 2.75) is 13.5 Å². The summed E-state index contributed by atoms with van der Waals surface area (Å²) in [7, 11) is 1.56. The standard InChI is InChI=1S/C11H12N2O3/c1-7-3-4-8(5-9(7)14)11-12-10(6-15-2)13-16-11/h3-5,14H,6H2,1-2H3. The van der Waals surface area contributed by atoms with Crippen LogP contribution in [0.3, 0.4) is 0 Å². The van der Waals surface area contributed by atoms with Gasteiger partial charge in [0.2, 0.25) is 0 Å². The molecule has 0 unspecified atom stereocenters. The van der Waals surface area contributed by atoms with E-state index in [0.29, 0.717) is 23.9 Å². The van der Waals surface area contributed by atoms with Crippen LogP contribution in [0.4, 0.5) is 0 Å². The lowest BCUT2D eigenvalue weighted by molar-refractivity contribution is 0.174. The maximum absolute atomic E-state index is 9.56. The molecule has 84 valence electrons. The number of nitrogens with zero attached hydrogens (tertiary/aromatic N) is 2. The molecule has 0 amide bonds. The number of aromatic nitrogens is 2. The summed E-state index contributed by atoms with van der Waals surface area (Å²) >= 11 is 0. The SMILES string of the molecule is COCc1noc(-c2ccc(C)c(O)c2)n1. The van der Waals surface area contributed by atoms with Crippen molar-refractivity contribution in [3.63, 3.8) is 0 Å². The maximum Gasteiger partial charge on any atom is 0.258 e. The van der Waals surface area contributed by atoms with Crippen molar-refractivity contribution < 1.29 is 14.4 Å². The monoisotopic (exact) mass is 220 g/mol. The fourth-order valence-electron chi connectivity index (χ4n) is 1.30. The Kier molecular flexibility index (Phi) is 2.87. The highest BCUT2D eigenvalue weighted by Crippen LogP contribution is 2.24. The van der Waals surface area contributed by atoms with Crippen LogP contribution in [0.25, 0.3) is 11.5 Å². The number of benzene rings is 1. The Bertz CT molecular complexity index is 494. The fraction of sp³-hybridized carbons (Fsp3) is 0.273. The smallest absolute Gasteiger partial charge is 0.258 e. The third-order valence-corrected chi connectivity index (χ3v) is 2.20. The average molecular weight is 220 g/mol. The highest BCUT2D eigenvalue weighted by molar-refractivity contribution is 5.57. The molecule has 0 saturated carbocycles. The molecule has 0 spiro atoms. The van der Waals surface area contributed by atoms with E-state index in [1.807, 2.05) is 13.0 Å². The first kappa shape index (κ1) is 10.6. The highest BCUT2D eigenvalue weighted by Gasteiger charge is 2.09. The number of aryl methyl sites for hydroxylation is 1. The van der Waals surface area contributed by atoms with Crippen LogP contribution in [-0.4, -0.2) is 22.4 Å². The summed E-state index contributed by atoms with van der Waals surface area (Å²) in [5, 5.41) is 13.3. The predicted molar refractivity (Wildman–Crippen MR) is 56.8 cm³/mol. The van der Waals surface area contributed by atoms with E-state index in [9.17, 15) is 5.11 Å². The van der Waals surface area contributed by atoms with Gasteiger partial charge in [-0.25, -0.2) is 0 Å². The Hall–Kier alpha value is -1.88. The predicted octanol–water partition coefficient (Wildman–Crippen LogP) is 1.90. The lowest BCUT2D eigenvalue weighted by atomic mass is 10.1. The van der Waals surface area contributed by atoms with Crippen LogP contribution in [0.1, 0.15) is 11.4 Å². The number of hydrogen-bond donors (Lipinski definition) is 1. The molecule has 0 fully saturated rings. The van der Waals surface area contributed by atoms with Gasteiger partial charge >= 0.3 is 0 Å². The fourth-order valence-corrected chi connectivity index (χ4v) is 1.30. The van der Waals surface area contributed by atoms with E-state index in [1.54, 1.807) is 19.2 Å². The van der Waals surface area contributed by atoms with Gasteiger partial charge in [-0.05, 0) is 24.6 Å². The topological polar surface area (TPSA) is 68.4 Å². The number of hydrogen-bond acceptors (Lipinski definition) is 5. The maximum atomic E-state index is 9.56. The van der Waals surface area contributed by atoms with Crippen molar-refractivity contribution in [1.82, 2.24) is 10.1 Å². The normalized spacial score (nSPS) is 10.6. The number of ether oxygens (including phenoxy) is 1. The lowest BCUT2D eigenvalue weighted by Crippen LogP contribution is -1.89. The van der Waals surface area contributed by atoms with Crippen LogP contribution in [0.5, 0.6) is 5.75 Å². The highest BCUT2D eigenvalue weighted by atomic mass is 16.5. The first-order chi connectivity index (χ1) is 7.70. The molecule has 0 aliphatic heterocycles. The lowest BCUT2D eigenvalue weighted by Gasteiger charge is -1.99. The van der Waals surface area contributed by atoms with Crippen molar-refractivity contribution in [2.24, 2.45) is 0 Å². The molecule has 2 rings (SSSR count). The summed E-state index contributed by atoms with van der Waals surface area (Å²) in [5.74, 6) is 1.07. The Morgan fingerprint density at radius 1 is 1.44 bits per heavy atom. The molecule has 0 radical (unpaired) electrons. The van der Waals surface area contributed by atoms with Crippen LogP contribution >= 0.6 is 0 Å². The van der Waals surface area contributed by atoms with Crippen LogP contribution in [-0.2, 0) is 11.3 Å². The minimum atomic E-state index is 0.212. The zero-order chi connectivity index (χ0) is 11.5. The largest absolute Gasteiger partial charge is 0.508 e. The number of rotatable bonds is 3. The summed E-state index contributed by atoms with van der Waals surface area (Å²) in [5.41, 5.74) is 1.50. The van der Waals surface area contributed by atoms with Crippen molar-refractivity contribution in [1.29, 1.82) is 0 Å². The van der Waals surface area contributed by atoms with Gasteiger partial charge in [-0.3, -0.25) is 0 Å². The van der Waals surface area contributed by atoms with E-state index >= 15 is 0 Å². The molecule has 1 N–H and O–H groups in total. The molecule has 0 aliphatic carbocycles. The van der Waals surface area contributed by atoms with E-state index < -0.39 is 0 Å². The van der Waals surface area contributed by atoms with Gasteiger partial charge in [0.25, 0.3) is 5.89 Å². The molecular weight excluding hydrogens is 208 g/mol. The molecule has 0 saturated heterocycles. The summed E-state index contributed by atoms with van der Waals surface area (Å²) in [6.45, 7) is 2.13. The van der Waals surface area contributed by atoms with E-state index in [4.69, 9.17) is 9.26 Å². The molecule has 5 heteroatoms. The van der Waals surface area contributed by atoms with Gasteiger partial charge in [-0.15, -0.1) is 0 Å². The average Bonchev–Trinajstić information content (AvgIpc) is 2.71. The molecule has 1 aromatic carbocycles. The zero-order valence-electron chi connectivity index (χ0n) is 9.10. The van der Waals surface area contributed by atoms with Crippen LogP contribution in [0, 0.1) is 6.92 Å². The van der Waals surface area contributed by atoms with Crippen LogP contribution < -0.4 is 0 Å². The number of phenolic OH excluding ortho intramolecular Hbond substituents is 1. The Labute approximate surface area is 92.7 Å². The van der Waals surface area contributed by atoms with Crippen molar-refractivity contribution in [2.75, 3.05) is 7.11 Å². The van der Waals surface area contributed by atoms with E-state index in [-0.39, 0.29) is 5.75 Å². The Morgan fingerprint density at radius 2 is 2.25 bits per heavy atom. The van der Waals surface area contributed by atoms with E-state index in [2.05, 4.69) is 10.1 Å². The second-order valence-corrected chi connectivity index (χ2v) is 3.45. The molecule has 0 atom stereocenters. The molecule has 2 aromatic rings. The quantitative estimate of drug-likeness (QED) is 0.855. The summed E-state index contributed by atoms with van der Waals surface area (Å²) < 4.78 is 9.93. The first-order valence-electron chi connectivity index (χ1n) is 4.82. The Balaban J connectivity index is 2.31.